The number of nitrogens with zero attached hydrogens (tertiary/aromatic N) is 2. The van der Waals surface area contributed by atoms with Crippen LogP contribution in [0.1, 0.15) is 66.0 Å². The summed E-state index contributed by atoms with van der Waals surface area (Å²) >= 11 is 0. The van der Waals surface area contributed by atoms with Crippen LogP contribution in [-0.4, -0.2) is 34.4 Å². The van der Waals surface area contributed by atoms with Crippen LogP contribution in [0.25, 0.3) is 0 Å². The lowest BCUT2D eigenvalue weighted by molar-refractivity contribution is 0.0739. The molecule has 0 saturated heterocycles. The van der Waals surface area contributed by atoms with E-state index in [1.54, 1.807) is 17.0 Å². The molecule has 0 aliphatic carbocycles. The summed E-state index contributed by atoms with van der Waals surface area (Å²) in [4.78, 5) is 27.0. The van der Waals surface area contributed by atoms with Crippen LogP contribution >= 0.6 is 0 Å². The second-order valence-electron chi connectivity index (χ2n) is 8.57. The monoisotopic (exact) mass is 453 g/mol. The molecule has 2 aromatic heterocycles. The molecule has 0 aliphatic heterocycles. The number of hydrogen-bond donors (Lipinski definition) is 1. The van der Waals surface area contributed by atoms with Crippen LogP contribution in [0.3, 0.4) is 0 Å². The fourth-order valence-corrected chi connectivity index (χ4v) is 3.55. The molecular formula is C26H32FN3O3. The predicted molar refractivity (Wildman–Crippen MR) is 125 cm³/mol. The van der Waals surface area contributed by atoms with E-state index in [1.165, 1.54) is 24.3 Å². The van der Waals surface area contributed by atoms with Crippen molar-refractivity contribution in [1.82, 2.24) is 14.8 Å². The van der Waals surface area contributed by atoms with Crippen molar-refractivity contribution in [2.24, 2.45) is 5.92 Å². The van der Waals surface area contributed by atoms with E-state index in [9.17, 15) is 14.0 Å². The van der Waals surface area contributed by atoms with Crippen molar-refractivity contribution in [1.29, 1.82) is 0 Å². The molecule has 0 radical (unpaired) electrons. The first-order valence-corrected chi connectivity index (χ1v) is 11.4. The molecule has 7 heteroatoms. The van der Waals surface area contributed by atoms with Gasteiger partial charge in [0, 0.05) is 30.5 Å². The Balaban J connectivity index is 1.66. The van der Waals surface area contributed by atoms with Gasteiger partial charge in [0.1, 0.15) is 11.6 Å². The highest BCUT2D eigenvalue weighted by atomic mass is 19.1. The Labute approximate surface area is 194 Å². The molecule has 3 rings (SSSR count). The first kappa shape index (κ1) is 24.3. The second kappa shape index (κ2) is 11.5. The minimum Gasteiger partial charge on any atom is -0.454 e. The molecule has 0 atom stereocenters. The zero-order valence-corrected chi connectivity index (χ0v) is 19.5. The third kappa shape index (κ3) is 6.81. The van der Waals surface area contributed by atoms with Crippen LogP contribution in [-0.2, 0) is 13.1 Å². The highest BCUT2D eigenvalue weighted by Crippen LogP contribution is 2.16. The molecule has 0 unspecified atom stereocenters. The number of benzene rings is 1. The number of carbonyl (C=O) groups is 2. The number of carbonyl (C=O) groups excluding carboxylic acids is 2. The zero-order valence-electron chi connectivity index (χ0n) is 19.5. The molecule has 0 fully saturated rings. The SMILES string of the molecule is CCCN(Cc1cccn1Cc1ccc(C(=O)NCCC(C)C)o1)C(=O)c1ccc(F)cc1. The van der Waals surface area contributed by atoms with Gasteiger partial charge in [-0.05, 0) is 67.3 Å². The molecule has 0 bridgehead atoms. The summed E-state index contributed by atoms with van der Waals surface area (Å²) in [5.41, 5.74) is 1.40. The quantitative estimate of drug-likeness (QED) is 0.439. The van der Waals surface area contributed by atoms with Crippen LogP contribution in [0.5, 0.6) is 0 Å². The average molecular weight is 454 g/mol. The molecule has 3 aromatic rings. The van der Waals surface area contributed by atoms with Gasteiger partial charge in [-0.1, -0.05) is 20.8 Å². The number of hydrogen-bond acceptors (Lipinski definition) is 3. The van der Waals surface area contributed by atoms with Crippen molar-refractivity contribution < 1.29 is 18.4 Å². The van der Waals surface area contributed by atoms with Crippen LogP contribution in [0, 0.1) is 11.7 Å². The van der Waals surface area contributed by atoms with Crippen molar-refractivity contribution in [3.8, 4) is 0 Å². The van der Waals surface area contributed by atoms with E-state index >= 15 is 0 Å². The van der Waals surface area contributed by atoms with E-state index in [1.807, 2.05) is 29.8 Å². The van der Waals surface area contributed by atoms with Gasteiger partial charge in [0.2, 0.25) is 0 Å². The van der Waals surface area contributed by atoms with Gasteiger partial charge in [0.25, 0.3) is 11.8 Å². The van der Waals surface area contributed by atoms with E-state index in [-0.39, 0.29) is 17.6 Å². The zero-order chi connectivity index (χ0) is 23.8. The Kier molecular flexibility index (Phi) is 8.46. The fourth-order valence-electron chi connectivity index (χ4n) is 3.55. The summed E-state index contributed by atoms with van der Waals surface area (Å²) in [6, 6.07) is 13.0. The first-order chi connectivity index (χ1) is 15.9. The summed E-state index contributed by atoms with van der Waals surface area (Å²) in [6.07, 6.45) is 3.64. The van der Waals surface area contributed by atoms with Gasteiger partial charge in [0.15, 0.2) is 5.76 Å². The minimum atomic E-state index is -0.367. The molecule has 1 aromatic carbocycles. The lowest BCUT2D eigenvalue weighted by Crippen LogP contribution is -2.32. The molecule has 6 nitrogen and oxygen atoms in total. The van der Waals surface area contributed by atoms with Crippen LogP contribution in [0.4, 0.5) is 4.39 Å². The van der Waals surface area contributed by atoms with E-state index in [2.05, 4.69) is 19.2 Å². The van der Waals surface area contributed by atoms with Crippen LogP contribution in [0.15, 0.2) is 59.1 Å². The number of amides is 2. The molecule has 0 saturated carbocycles. The fraction of sp³-hybridized carbons (Fsp3) is 0.385. The summed E-state index contributed by atoms with van der Waals surface area (Å²) in [7, 11) is 0. The number of furan rings is 1. The van der Waals surface area contributed by atoms with Crippen molar-refractivity contribution >= 4 is 11.8 Å². The molecule has 33 heavy (non-hydrogen) atoms. The van der Waals surface area contributed by atoms with Crippen molar-refractivity contribution in [3.05, 3.63) is 83.3 Å². The summed E-state index contributed by atoms with van der Waals surface area (Å²) in [5.74, 6) is 0.757. The number of aromatic nitrogens is 1. The Morgan fingerprint density at radius 3 is 2.58 bits per heavy atom. The molecule has 2 heterocycles. The van der Waals surface area contributed by atoms with Crippen molar-refractivity contribution in [2.45, 2.75) is 46.7 Å². The standard InChI is InChI=1S/C26H32FN3O3/c1-4-15-30(26(32)20-7-9-21(27)10-8-20)17-22-6-5-16-29(22)18-23-11-12-24(33-23)25(31)28-14-13-19(2)3/h5-12,16,19H,4,13-15,17-18H2,1-3H3,(H,28,31). The lowest BCUT2D eigenvalue weighted by Gasteiger charge is -2.23. The maximum atomic E-state index is 13.2. The normalized spacial score (nSPS) is 11.1. The van der Waals surface area contributed by atoms with Gasteiger partial charge in [-0.25, -0.2) is 4.39 Å². The van der Waals surface area contributed by atoms with Gasteiger partial charge in [0.05, 0.1) is 13.1 Å². The molecular weight excluding hydrogens is 421 g/mol. The Morgan fingerprint density at radius 1 is 1.12 bits per heavy atom. The van der Waals surface area contributed by atoms with Crippen LogP contribution in [0.2, 0.25) is 0 Å². The van der Waals surface area contributed by atoms with Gasteiger partial charge in [-0.3, -0.25) is 9.59 Å². The number of halogens is 1. The maximum absolute atomic E-state index is 13.2. The van der Waals surface area contributed by atoms with Crippen molar-refractivity contribution in [3.63, 3.8) is 0 Å². The smallest absolute Gasteiger partial charge is 0.286 e. The van der Waals surface area contributed by atoms with Gasteiger partial charge < -0.3 is 19.2 Å². The second-order valence-corrected chi connectivity index (χ2v) is 8.57. The van der Waals surface area contributed by atoms with Gasteiger partial charge in [-0.15, -0.1) is 0 Å². The molecule has 176 valence electrons. The average Bonchev–Trinajstić information content (AvgIpc) is 3.43. The van der Waals surface area contributed by atoms with E-state index in [0.29, 0.717) is 49.2 Å². The first-order valence-electron chi connectivity index (χ1n) is 11.4. The number of rotatable bonds is 11. The molecule has 0 spiro atoms. The molecule has 1 N–H and O–H groups in total. The van der Waals surface area contributed by atoms with E-state index in [0.717, 1.165) is 18.5 Å². The third-order valence-corrected chi connectivity index (χ3v) is 5.37. The number of nitrogens with one attached hydrogen (secondary N) is 1. The van der Waals surface area contributed by atoms with Gasteiger partial charge in [-0.2, -0.15) is 0 Å². The van der Waals surface area contributed by atoms with E-state index in [4.69, 9.17) is 4.42 Å². The Morgan fingerprint density at radius 2 is 1.88 bits per heavy atom. The minimum absolute atomic E-state index is 0.136. The summed E-state index contributed by atoms with van der Waals surface area (Å²) in [5, 5.41) is 2.88. The lowest BCUT2D eigenvalue weighted by atomic mass is 10.1. The highest BCUT2D eigenvalue weighted by Gasteiger charge is 2.18. The highest BCUT2D eigenvalue weighted by molar-refractivity contribution is 5.94. The summed E-state index contributed by atoms with van der Waals surface area (Å²) < 4.78 is 21.0. The van der Waals surface area contributed by atoms with Gasteiger partial charge >= 0.3 is 0 Å². The summed E-state index contributed by atoms with van der Waals surface area (Å²) in [6.45, 7) is 8.31. The van der Waals surface area contributed by atoms with Crippen LogP contribution < -0.4 is 5.32 Å². The predicted octanol–water partition coefficient (Wildman–Crippen LogP) is 5.10. The van der Waals surface area contributed by atoms with Crippen molar-refractivity contribution in [2.75, 3.05) is 13.1 Å². The third-order valence-electron chi connectivity index (χ3n) is 5.37. The Hall–Kier alpha value is -3.35. The molecule has 0 aliphatic rings. The molecule has 2 amide bonds. The Bertz CT molecular complexity index is 1050. The topological polar surface area (TPSA) is 67.5 Å². The van der Waals surface area contributed by atoms with E-state index < -0.39 is 0 Å². The largest absolute Gasteiger partial charge is 0.454 e. The maximum Gasteiger partial charge on any atom is 0.286 e.